The molecule has 0 aliphatic rings. The topological polar surface area (TPSA) is 29.3 Å². The number of nitrogens with zero attached hydrogens (tertiary/aromatic N) is 1. The van der Waals surface area contributed by atoms with Gasteiger partial charge in [-0.05, 0) is 24.6 Å². The minimum absolute atomic E-state index is 0.193. The molecule has 3 heteroatoms. The molecule has 0 heterocycles. The van der Waals surface area contributed by atoms with Crippen molar-refractivity contribution in [1.82, 2.24) is 0 Å². The van der Waals surface area contributed by atoms with Crippen LogP contribution in [0.1, 0.15) is 39.0 Å². The number of likely N-dealkylation sites (N-methyl/N-ethyl adjacent to an activating group) is 1. The average molecular weight is 252 g/mol. The third kappa shape index (κ3) is 4.65. The van der Waals surface area contributed by atoms with Crippen molar-refractivity contribution >= 4 is 5.69 Å². The molecule has 2 N–H and O–H groups in total. The minimum atomic E-state index is -0.193. The van der Waals surface area contributed by atoms with E-state index in [0.29, 0.717) is 12.6 Å². The van der Waals surface area contributed by atoms with Gasteiger partial charge in [-0.25, -0.2) is 4.39 Å². The lowest BCUT2D eigenvalue weighted by Crippen LogP contribution is -2.38. The lowest BCUT2D eigenvalue weighted by molar-refractivity contribution is 0.533. The van der Waals surface area contributed by atoms with Crippen LogP contribution in [0.3, 0.4) is 0 Å². The fraction of sp³-hybridized carbons (Fsp3) is 0.600. The van der Waals surface area contributed by atoms with E-state index in [1.165, 1.54) is 31.7 Å². The van der Waals surface area contributed by atoms with Crippen LogP contribution in [-0.4, -0.2) is 19.6 Å². The number of hydrogen-bond acceptors (Lipinski definition) is 2. The first-order valence-electron chi connectivity index (χ1n) is 6.87. The van der Waals surface area contributed by atoms with Crippen LogP contribution >= 0.6 is 0 Å². The van der Waals surface area contributed by atoms with Gasteiger partial charge in [0.2, 0.25) is 0 Å². The Hall–Kier alpha value is -1.09. The molecule has 0 bridgehead atoms. The van der Waals surface area contributed by atoms with Crippen molar-refractivity contribution in [3.63, 3.8) is 0 Å². The molecule has 0 saturated carbocycles. The van der Waals surface area contributed by atoms with Gasteiger partial charge in [-0.15, -0.1) is 0 Å². The van der Waals surface area contributed by atoms with Crippen LogP contribution in [0.25, 0.3) is 0 Å². The van der Waals surface area contributed by atoms with Crippen LogP contribution in [-0.2, 0) is 0 Å². The molecule has 0 spiro atoms. The highest BCUT2D eigenvalue weighted by molar-refractivity contribution is 5.46. The number of rotatable bonds is 8. The summed E-state index contributed by atoms with van der Waals surface area (Å²) in [6.07, 6.45) is 6.04. The predicted octanol–water partition coefficient (Wildman–Crippen LogP) is 3.56. The molecule has 0 aliphatic heterocycles. The van der Waals surface area contributed by atoms with Crippen molar-refractivity contribution < 1.29 is 4.39 Å². The van der Waals surface area contributed by atoms with Crippen LogP contribution in [0.2, 0.25) is 0 Å². The van der Waals surface area contributed by atoms with Crippen molar-refractivity contribution in [2.24, 2.45) is 5.73 Å². The Kier molecular flexibility index (Phi) is 6.73. The van der Waals surface area contributed by atoms with Crippen LogP contribution in [0.15, 0.2) is 24.3 Å². The summed E-state index contributed by atoms with van der Waals surface area (Å²) in [7, 11) is 1.99. The Morgan fingerprint density at radius 2 is 2.06 bits per heavy atom. The van der Waals surface area contributed by atoms with Gasteiger partial charge >= 0.3 is 0 Å². The third-order valence-corrected chi connectivity index (χ3v) is 3.43. The minimum Gasteiger partial charge on any atom is -0.370 e. The van der Waals surface area contributed by atoms with Gasteiger partial charge in [-0.3, -0.25) is 0 Å². The smallest absolute Gasteiger partial charge is 0.125 e. The number of nitrogens with two attached hydrogens (primary N) is 1. The molecule has 1 atom stereocenters. The number of anilines is 1. The zero-order chi connectivity index (χ0) is 13.4. The van der Waals surface area contributed by atoms with Gasteiger partial charge in [0.05, 0.1) is 0 Å². The van der Waals surface area contributed by atoms with Crippen molar-refractivity contribution in [1.29, 1.82) is 0 Å². The molecule has 1 aromatic rings. The molecule has 102 valence electrons. The van der Waals surface area contributed by atoms with E-state index in [1.54, 1.807) is 12.1 Å². The summed E-state index contributed by atoms with van der Waals surface area (Å²) in [5.74, 6) is -0.193. The maximum atomic E-state index is 13.2. The van der Waals surface area contributed by atoms with E-state index in [2.05, 4.69) is 11.8 Å². The largest absolute Gasteiger partial charge is 0.370 e. The Morgan fingerprint density at radius 3 is 2.67 bits per heavy atom. The van der Waals surface area contributed by atoms with Crippen molar-refractivity contribution in [2.75, 3.05) is 18.5 Å². The summed E-state index contributed by atoms with van der Waals surface area (Å²) in [6.45, 7) is 2.82. The summed E-state index contributed by atoms with van der Waals surface area (Å²) in [6, 6.07) is 7.00. The second kappa shape index (κ2) is 8.09. The quantitative estimate of drug-likeness (QED) is 0.717. The third-order valence-electron chi connectivity index (χ3n) is 3.43. The zero-order valence-electron chi connectivity index (χ0n) is 11.5. The highest BCUT2D eigenvalue weighted by atomic mass is 19.1. The summed E-state index contributed by atoms with van der Waals surface area (Å²) in [5.41, 5.74) is 6.73. The molecule has 1 rings (SSSR count). The highest BCUT2D eigenvalue weighted by Crippen LogP contribution is 2.19. The van der Waals surface area contributed by atoms with Gasteiger partial charge in [0.15, 0.2) is 0 Å². The van der Waals surface area contributed by atoms with E-state index in [4.69, 9.17) is 5.73 Å². The first-order chi connectivity index (χ1) is 8.69. The molecule has 0 fully saturated rings. The number of benzene rings is 1. The summed E-state index contributed by atoms with van der Waals surface area (Å²) in [5, 5.41) is 0. The standard InChI is InChI=1S/C15H25FN2/c1-3-4-5-6-9-15(12-17)18(2)14-10-7-8-13(16)11-14/h7-8,10-11,15H,3-6,9,12,17H2,1-2H3. The van der Waals surface area contributed by atoms with Gasteiger partial charge in [-0.2, -0.15) is 0 Å². The van der Waals surface area contributed by atoms with Crippen molar-refractivity contribution in [3.8, 4) is 0 Å². The van der Waals surface area contributed by atoms with E-state index in [1.807, 2.05) is 13.1 Å². The highest BCUT2D eigenvalue weighted by Gasteiger charge is 2.13. The Labute approximate surface area is 110 Å². The second-order valence-electron chi connectivity index (χ2n) is 4.83. The maximum Gasteiger partial charge on any atom is 0.125 e. The van der Waals surface area contributed by atoms with E-state index in [9.17, 15) is 4.39 Å². The van der Waals surface area contributed by atoms with Gasteiger partial charge < -0.3 is 10.6 Å². The fourth-order valence-electron chi connectivity index (χ4n) is 2.18. The monoisotopic (exact) mass is 252 g/mol. The van der Waals surface area contributed by atoms with Crippen molar-refractivity contribution in [2.45, 2.75) is 45.1 Å². The van der Waals surface area contributed by atoms with Crippen LogP contribution in [0.5, 0.6) is 0 Å². The summed E-state index contributed by atoms with van der Waals surface area (Å²) < 4.78 is 13.2. The lowest BCUT2D eigenvalue weighted by Gasteiger charge is -2.29. The van der Waals surface area contributed by atoms with Crippen LogP contribution < -0.4 is 10.6 Å². The number of halogens is 1. The molecule has 2 nitrogen and oxygen atoms in total. The van der Waals surface area contributed by atoms with Gasteiger partial charge in [0.1, 0.15) is 5.82 Å². The van der Waals surface area contributed by atoms with E-state index in [0.717, 1.165) is 12.1 Å². The molecule has 0 aromatic heterocycles. The van der Waals surface area contributed by atoms with Gasteiger partial charge in [-0.1, -0.05) is 38.7 Å². The Bertz CT molecular complexity index is 341. The summed E-state index contributed by atoms with van der Waals surface area (Å²) in [4.78, 5) is 2.09. The SMILES string of the molecule is CCCCCCC(CN)N(C)c1cccc(F)c1. The molecular weight excluding hydrogens is 227 g/mol. The summed E-state index contributed by atoms with van der Waals surface area (Å²) >= 11 is 0. The second-order valence-corrected chi connectivity index (χ2v) is 4.83. The van der Waals surface area contributed by atoms with Gasteiger partial charge in [0.25, 0.3) is 0 Å². The molecule has 0 amide bonds. The van der Waals surface area contributed by atoms with Gasteiger partial charge in [0, 0.05) is 25.3 Å². The van der Waals surface area contributed by atoms with E-state index < -0.39 is 0 Å². The normalized spacial score (nSPS) is 12.4. The molecule has 0 radical (unpaired) electrons. The van der Waals surface area contributed by atoms with E-state index in [-0.39, 0.29) is 5.82 Å². The molecule has 1 unspecified atom stereocenters. The molecule has 0 aliphatic carbocycles. The molecule has 1 aromatic carbocycles. The van der Waals surface area contributed by atoms with Crippen molar-refractivity contribution in [3.05, 3.63) is 30.1 Å². The molecule has 18 heavy (non-hydrogen) atoms. The maximum absolute atomic E-state index is 13.2. The Morgan fingerprint density at radius 1 is 1.28 bits per heavy atom. The van der Waals surface area contributed by atoms with E-state index >= 15 is 0 Å². The first kappa shape index (κ1) is 15.0. The lowest BCUT2D eigenvalue weighted by atomic mass is 10.1. The average Bonchev–Trinajstić information content (AvgIpc) is 2.38. The first-order valence-corrected chi connectivity index (χ1v) is 6.87. The Balaban J connectivity index is 2.53. The number of hydrogen-bond donors (Lipinski definition) is 1. The fourth-order valence-corrected chi connectivity index (χ4v) is 2.18. The molecular formula is C15H25FN2. The van der Waals surface area contributed by atoms with Crippen LogP contribution in [0, 0.1) is 5.82 Å². The predicted molar refractivity (Wildman–Crippen MR) is 76.4 cm³/mol. The number of unbranched alkanes of at least 4 members (excludes halogenated alkanes) is 3. The zero-order valence-corrected chi connectivity index (χ0v) is 11.5. The van der Waals surface area contributed by atoms with Crippen LogP contribution in [0.4, 0.5) is 10.1 Å². The molecule has 0 saturated heterocycles.